The molecule has 2 rings (SSSR count). The Morgan fingerprint density at radius 2 is 1.90 bits per heavy atom. The number of benzene rings is 1. The van der Waals surface area contributed by atoms with Crippen molar-refractivity contribution < 1.29 is 9.47 Å². The number of rotatable bonds is 10. The lowest BCUT2D eigenvalue weighted by Crippen LogP contribution is -2.32. The Morgan fingerprint density at radius 3 is 2.48 bits per heavy atom. The van der Waals surface area contributed by atoms with E-state index in [4.69, 9.17) is 9.47 Å². The van der Waals surface area contributed by atoms with Gasteiger partial charge in [-0.3, -0.25) is 0 Å². The summed E-state index contributed by atoms with van der Waals surface area (Å²) in [7, 11) is 3.50. The molecule has 1 aromatic rings. The first-order valence-electron chi connectivity index (χ1n) is 8.03. The van der Waals surface area contributed by atoms with E-state index >= 15 is 0 Å². The maximum absolute atomic E-state index is 5.21. The number of ether oxygens (including phenoxy) is 2. The highest BCUT2D eigenvalue weighted by atomic mass is 16.5. The molecule has 118 valence electrons. The van der Waals surface area contributed by atoms with Crippen LogP contribution in [0.15, 0.2) is 24.3 Å². The van der Waals surface area contributed by atoms with Crippen molar-refractivity contribution in [1.29, 1.82) is 0 Å². The Morgan fingerprint density at radius 1 is 1.19 bits per heavy atom. The zero-order valence-corrected chi connectivity index (χ0v) is 13.7. The largest absolute Gasteiger partial charge is 0.497 e. The minimum Gasteiger partial charge on any atom is -0.497 e. The van der Waals surface area contributed by atoms with Crippen molar-refractivity contribution in [2.24, 2.45) is 5.41 Å². The van der Waals surface area contributed by atoms with Crippen LogP contribution in [-0.4, -0.2) is 33.4 Å². The second-order valence-corrected chi connectivity index (χ2v) is 6.41. The van der Waals surface area contributed by atoms with E-state index in [1.807, 2.05) is 12.1 Å². The number of nitrogens with one attached hydrogen (secondary N) is 1. The molecule has 1 aromatic carbocycles. The molecule has 21 heavy (non-hydrogen) atoms. The first-order chi connectivity index (χ1) is 10.2. The van der Waals surface area contributed by atoms with Crippen LogP contribution in [0.2, 0.25) is 0 Å². The molecule has 3 nitrogen and oxygen atoms in total. The van der Waals surface area contributed by atoms with Crippen molar-refractivity contribution in [3.05, 3.63) is 29.8 Å². The Kier molecular flexibility index (Phi) is 6.07. The summed E-state index contributed by atoms with van der Waals surface area (Å²) in [6, 6.07) is 8.96. The minimum absolute atomic E-state index is 0.532. The Labute approximate surface area is 129 Å². The summed E-state index contributed by atoms with van der Waals surface area (Å²) in [5.41, 5.74) is 1.91. The van der Waals surface area contributed by atoms with E-state index in [0.29, 0.717) is 11.5 Å². The maximum Gasteiger partial charge on any atom is 0.118 e. The summed E-state index contributed by atoms with van der Waals surface area (Å²) >= 11 is 0. The maximum atomic E-state index is 5.21. The first-order valence-corrected chi connectivity index (χ1v) is 8.03. The summed E-state index contributed by atoms with van der Waals surface area (Å²) in [6.07, 6.45) is 6.20. The second-order valence-electron chi connectivity index (χ2n) is 6.41. The third-order valence-corrected chi connectivity index (χ3v) is 4.64. The van der Waals surface area contributed by atoms with Gasteiger partial charge in [-0.05, 0) is 62.1 Å². The van der Waals surface area contributed by atoms with E-state index in [-0.39, 0.29) is 0 Å². The normalized spacial score (nSPS) is 17.5. The van der Waals surface area contributed by atoms with Crippen molar-refractivity contribution in [2.75, 3.05) is 27.4 Å². The SMILES string of the molecule is COCCC1(CNC(C)CCc2ccc(OC)cc2)CC1. The lowest BCUT2D eigenvalue weighted by Gasteiger charge is -2.20. The molecule has 0 heterocycles. The number of methoxy groups -OCH3 is 2. The third kappa shape index (κ3) is 5.33. The molecule has 1 N–H and O–H groups in total. The van der Waals surface area contributed by atoms with E-state index < -0.39 is 0 Å². The summed E-state index contributed by atoms with van der Waals surface area (Å²) in [5, 5.41) is 3.71. The number of hydrogen-bond donors (Lipinski definition) is 1. The molecule has 1 unspecified atom stereocenters. The van der Waals surface area contributed by atoms with E-state index in [1.165, 1.54) is 31.2 Å². The van der Waals surface area contributed by atoms with Crippen molar-refractivity contribution >= 4 is 0 Å². The molecule has 0 amide bonds. The van der Waals surface area contributed by atoms with E-state index in [1.54, 1.807) is 14.2 Å². The van der Waals surface area contributed by atoms with Gasteiger partial charge >= 0.3 is 0 Å². The molecule has 1 aliphatic carbocycles. The van der Waals surface area contributed by atoms with Gasteiger partial charge in [0, 0.05) is 26.3 Å². The summed E-state index contributed by atoms with van der Waals surface area (Å²) in [6.45, 7) is 4.32. The molecule has 0 aliphatic heterocycles. The fraction of sp³-hybridized carbons (Fsp3) is 0.667. The van der Waals surface area contributed by atoms with Crippen LogP contribution in [0.5, 0.6) is 5.75 Å². The van der Waals surface area contributed by atoms with Crippen LogP contribution in [0.3, 0.4) is 0 Å². The van der Waals surface area contributed by atoms with E-state index in [0.717, 1.165) is 25.3 Å². The molecule has 1 aliphatic rings. The van der Waals surface area contributed by atoms with Crippen LogP contribution in [0.1, 0.15) is 38.2 Å². The monoisotopic (exact) mass is 291 g/mol. The van der Waals surface area contributed by atoms with Crippen LogP contribution >= 0.6 is 0 Å². The van der Waals surface area contributed by atoms with Gasteiger partial charge in [0.25, 0.3) is 0 Å². The molecule has 1 saturated carbocycles. The highest BCUT2D eigenvalue weighted by Crippen LogP contribution is 2.48. The highest BCUT2D eigenvalue weighted by molar-refractivity contribution is 5.27. The topological polar surface area (TPSA) is 30.5 Å². The predicted octanol–water partition coefficient (Wildman–Crippen LogP) is 3.42. The van der Waals surface area contributed by atoms with E-state index in [9.17, 15) is 0 Å². The van der Waals surface area contributed by atoms with Crippen LogP contribution in [0, 0.1) is 5.41 Å². The number of hydrogen-bond acceptors (Lipinski definition) is 3. The lowest BCUT2D eigenvalue weighted by molar-refractivity contribution is 0.170. The Hall–Kier alpha value is -1.06. The highest BCUT2D eigenvalue weighted by Gasteiger charge is 2.41. The van der Waals surface area contributed by atoms with Crippen molar-refractivity contribution in [1.82, 2.24) is 5.32 Å². The number of aryl methyl sites for hydroxylation is 1. The zero-order chi connectivity index (χ0) is 15.1. The van der Waals surface area contributed by atoms with Gasteiger partial charge in [0.15, 0.2) is 0 Å². The Balaban J connectivity index is 1.66. The van der Waals surface area contributed by atoms with Crippen LogP contribution in [-0.2, 0) is 11.2 Å². The van der Waals surface area contributed by atoms with Crippen molar-refractivity contribution in [3.8, 4) is 5.75 Å². The first kappa shape index (κ1) is 16.3. The minimum atomic E-state index is 0.532. The predicted molar refractivity (Wildman–Crippen MR) is 86.9 cm³/mol. The van der Waals surface area contributed by atoms with Gasteiger partial charge in [0.1, 0.15) is 5.75 Å². The summed E-state index contributed by atoms with van der Waals surface area (Å²) in [4.78, 5) is 0. The third-order valence-electron chi connectivity index (χ3n) is 4.64. The van der Waals surface area contributed by atoms with Gasteiger partial charge in [0.2, 0.25) is 0 Å². The van der Waals surface area contributed by atoms with Gasteiger partial charge in [-0.15, -0.1) is 0 Å². The van der Waals surface area contributed by atoms with Gasteiger partial charge in [0.05, 0.1) is 7.11 Å². The molecule has 0 aromatic heterocycles. The summed E-state index contributed by atoms with van der Waals surface area (Å²) < 4.78 is 10.4. The quantitative estimate of drug-likeness (QED) is 0.716. The lowest BCUT2D eigenvalue weighted by atomic mass is 10.0. The fourth-order valence-corrected chi connectivity index (χ4v) is 2.68. The Bertz CT molecular complexity index is 412. The molecular formula is C18H29NO2. The van der Waals surface area contributed by atoms with Crippen LogP contribution in [0.25, 0.3) is 0 Å². The molecule has 1 fully saturated rings. The van der Waals surface area contributed by atoms with Crippen LogP contribution < -0.4 is 10.1 Å². The van der Waals surface area contributed by atoms with E-state index in [2.05, 4.69) is 24.4 Å². The van der Waals surface area contributed by atoms with Crippen molar-refractivity contribution in [2.45, 2.75) is 45.1 Å². The average Bonchev–Trinajstić information content (AvgIpc) is 3.30. The van der Waals surface area contributed by atoms with Gasteiger partial charge in [-0.1, -0.05) is 12.1 Å². The molecule has 3 heteroatoms. The molecular weight excluding hydrogens is 262 g/mol. The van der Waals surface area contributed by atoms with Gasteiger partial charge in [-0.2, -0.15) is 0 Å². The zero-order valence-electron chi connectivity index (χ0n) is 13.7. The van der Waals surface area contributed by atoms with Crippen LogP contribution in [0.4, 0.5) is 0 Å². The molecule has 0 radical (unpaired) electrons. The molecule has 0 saturated heterocycles. The fourth-order valence-electron chi connectivity index (χ4n) is 2.68. The average molecular weight is 291 g/mol. The molecule has 1 atom stereocenters. The van der Waals surface area contributed by atoms with Gasteiger partial charge in [-0.25, -0.2) is 0 Å². The van der Waals surface area contributed by atoms with Gasteiger partial charge < -0.3 is 14.8 Å². The molecule has 0 spiro atoms. The van der Waals surface area contributed by atoms with Crippen molar-refractivity contribution in [3.63, 3.8) is 0 Å². The second kappa shape index (κ2) is 7.81. The smallest absolute Gasteiger partial charge is 0.118 e. The standard InChI is InChI=1S/C18H29NO2/c1-15(19-14-18(10-11-18)12-13-20-2)4-5-16-6-8-17(21-3)9-7-16/h6-9,15,19H,4-5,10-14H2,1-3H3. The summed E-state index contributed by atoms with van der Waals surface area (Å²) in [5.74, 6) is 0.929. The molecule has 0 bridgehead atoms.